The van der Waals surface area contributed by atoms with Gasteiger partial charge in [-0.05, 0) is 25.7 Å². The zero-order valence-corrected chi connectivity index (χ0v) is 10.4. The predicted octanol–water partition coefficient (Wildman–Crippen LogP) is 0.748. The van der Waals surface area contributed by atoms with E-state index in [1.165, 1.54) is 0 Å². The van der Waals surface area contributed by atoms with Crippen molar-refractivity contribution in [1.29, 1.82) is 0 Å². The van der Waals surface area contributed by atoms with Gasteiger partial charge in [0, 0.05) is 25.7 Å². The summed E-state index contributed by atoms with van der Waals surface area (Å²) in [6, 6.07) is 0.404. The minimum absolute atomic E-state index is 0.115. The zero-order valence-electron chi connectivity index (χ0n) is 10.4. The molecule has 1 rings (SSSR count). The summed E-state index contributed by atoms with van der Waals surface area (Å²) in [7, 11) is 0. The van der Waals surface area contributed by atoms with Crippen LogP contribution < -0.4 is 5.32 Å². The average Bonchev–Trinajstić information content (AvgIpc) is 2.82. The Morgan fingerprint density at radius 3 is 2.38 bits per heavy atom. The van der Waals surface area contributed by atoms with Crippen molar-refractivity contribution in [2.75, 3.05) is 19.6 Å². The molecule has 1 heterocycles. The van der Waals surface area contributed by atoms with Crippen LogP contribution >= 0.6 is 0 Å². The van der Waals surface area contributed by atoms with Crippen LogP contribution in [-0.4, -0.2) is 47.7 Å². The van der Waals surface area contributed by atoms with Gasteiger partial charge in [-0.25, -0.2) is 0 Å². The Kier molecular flexibility index (Phi) is 5.77. The van der Waals surface area contributed by atoms with Gasteiger partial charge in [0.2, 0.25) is 0 Å². The Balaban J connectivity index is 2.27. The maximum atomic E-state index is 11.8. The number of likely N-dealkylation sites (tertiary alicyclic amines) is 1. The zero-order chi connectivity index (χ0) is 12.0. The Bertz CT molecular complexity index is 211. The van der Waals surface area contributed by atoms with Gasteiger partial charge in [-0.1, -0.05) is 13.8 Å². The van der Waals surface area contributed by atoms with Crippen molar-refractivity contribution < 1.29 is 9.90 Å². The molecule has 16 heavy (non-hydrogen) atoms. The average molecular weight is 228 g/mol. The highest BCUT2D eigenvalue weighted by Gasteiger charge is 2.24. The highest BCUT2D eigenvalue weighted by molar-refractivity contribution is 5.81. The number of carbonyl (C=O) groups excluding carboxylic acids is 1. The highest BCUT2D eigenvalue weighted by atomic mass is 16.3. The lowest BCUT2D eigenvalue weighted by molar-refractivity contribution is -0.138. The van der Waals surface area contributed by atoms with Crippen LogP contribution in [-0.2, 0) is 4.79 Å². The standard InChI is InChI=1S/C12H24N2O2/c1-3-10(4-2)13-9-11(15)12(16)14-7-5-6-8-14/h10-11,13,15H,3-9H2,1-2H3. The molecule has 4 heteroatoms. The Morgan fingerprint density at radius 2 is 1.88 bits per heavy atom. The van der Waals surface area contributed by atoms with E-state index in [0.717, 1.165) is 38.8 Å². The molecule has 0 spiro atoms. The smallest absolute Gasteiger partial charge is 0.252 e. The van der Waals surface area contributed by atoms with E-state index in [1.54, 1.807) is 4.90 Å². The lowest BCUT2D eigenvalue weighted by Crippen LogP contribution is -2.44. The number of nitrogens with one attached hydrogen (secondary N) is 1. The summed E-state index contributed by atoms with van der Waals surface area (Å²) < 4.78 is 0. The third-order valence-electron chi connectivity index (χ3n) is 3.29. The van der Waals surface area contributed by atoms with Gasteiger partial charge >= 0.3 is 0 Å². The molecule has 1 fully saturated rings. The molecule has 4 nitrogen and oxygen atoms in total. The molecule has 0 aromatic carbocycles. The molecule has 0 aliphatic carbocycles. The van der Waals surface area contributed by atoms with E-state index in [1.807, 2.05) is 0 Å². The number of amides is 1. The second kappa shape index (κ2) is 6.86. The Labute approximate surface area is 98.0 Å². The first-order valence-corrected chi connectivity index (χ1v) is 6.39. The summed E-state index contributed by atoms with van der Waals surface area (Å²) in [6.45, 7) is 6.20. The highest BCUT2D eigenvalue weighted by Crippen LogP contribution is 2.09. The first-order chi connectivity index (χ1) is 7.69. The number of aliphatic hydroxyl groups is 1. The second-order valence-electron chi connectivity index (χ2n) is 4.47. The topological polar surface area (TPSA) is 52.6 Å². The van der Waals surface area contributed by atoms with Gasteiger partial charge in [0.05, 0.1) is 0 Å². The summed E-state index contributed by atoms with van der Waals surface area (Å²) in [5.41, 5.74) is 0. The van der Waals surface area contributed by atoms with Crippen molar-refractivity contribution in [2.24, 2.45) is 0 Å². The molecule has 94 valence electrons. The molecule has 1 amide bonds. The quantitative estimate of drug-likeness (QED) is 0.705. The molecule has 1 aliphatic rings. The maximum Gasteiger partial charge on any atom is 0.252 e. The van der Waals surface area contributed by atoms with E-state index in [4.69, 9.17) is 0 Å². The molecule has 1 atom stereocenters. The van der Waals surface area contributed by atoms with Gasteiger partial charge in [-0.15, -0.1) is 0 Å². The van der Waals surface area contributed by atoms with E-state index in [-0.39, 0.29) is 5.91 Å². The third kappa shape index (κ3) is 3.76. The van der Waals surface area contributed by atoms with Crippen LogP contribution in [0.15, 0.2) is 0 Å². The van der Waals surface area contributed by atoms with Crippen molar-refractivity contribution in [3.63, 3.8) is 0 Å². The third-order valence-corrected chi connectivity index (χ3v) is 3.29. The van der Waals surface area contributed by atoms with Gasteiger partial charge in [0.15, 0.2) is 0 Å². The van der Waals surface area contributed by atoms with Crippen molar-refractivity contribution in [2.45, 2.75) is 51.7 Å². The Hall–Kier alpha value is -0.610. The normalized spacial score (nSPS) is 18.1. The summed E-state index contributed by atoms with van der Waals surface area (Å²) >= 11 is 0. The molecule has 1 saturated heterocycles. The van der Waals surface area contributed by atoms with Gasteiger partial charge < -0.3 is 15.3 Å². The van der Waals surface area contributed by atoms with Gasteiger partial charge in [-0.3, -0.25) is 4.79 Å². The minimum Gasteiger partial charge on any atom is -0.382 e. The fourth-order valence-corrected chi connectivity index (χ4v) is 2.09. The van der Waals surface area contributed by atoms with Crippen LogP contribution in [0.3, 0.4) is 0 Å². The predicted molar refractivity (Wildman–Crippen MR) is 64.2 cm³/mol. The minimum atomic E-state index is -0.876. The van der Waals surface area contributed by atoms with Gasteiger partial charge in [-0.2, -0.15) is 0 Å². The fraction of sp³-hybridized carbons (Fsp3) is 0.917. The maximum absolute atomic E-state index is 11.8. The molecule has 1 unspecified atom stereocenters. The van der Waals surface area contributed by atoms with E-state index in [9.17, 15) is 9.90 Å². The van der Waals surface area contributed by atoms with Crippen molar-refractivity contribution in [3.05, 3.63) is 0 Å². The van der Waals surface area contributed by atoms with Crippen LogP contribution in [0.25, 0.3) is 0 Å². The lowest BCUT2D eigenvalue weighted by Gasteiger charge is -2.22. The summed E-state index contributed by atoms with van der Waals surface area (Å²) in [6.07, 6.45) is 3.32. The molecule has 1 aliphatic heterocycles. The monoisotopic (exact) mass is 228 g/mol. The van der Waals surface area contributed by atoms with E-state index in [0.29, 0.717) is 12.6 Å². The number of hydrogen-bond acceptors (Lipinski definition) is 3. The van der Waals surface area contributed by atoms with E-state index < -0.39 is 6.10 Å². The largest absolute Gasteiger partial charge is 0.382 e. The number of rotatable bonds is 6. The summed E-state index contributed by atoms with van der Waals surface area (Å²) in [5.74, 6) is -0.115. The molecule has 0 bridgehead atoms. The molecule has 0 aromatic rings. The second-order valence-corrected chi connectivity index (χ2v) is 4.47. The number of hydrogen-bond donors (Lipinski definition) is 2. The summed E-state index contributed by atoms with van der Waals surface area (Å²) in [4.78, 5) is 13.5. The molecule has 0 saturated carbocycles. The van der Waals surface area contributed by atoms with Crippen LogP contribution in [0, 0.1) is 0 Å². The van der Waals surface area contributed by atoms with Crippen molar-refractivity contribution in [1.82, 2.24) is 10.2 Å². The molecular weight excluding hydrogens is 204 g/mol. The summed E-state index contributed by atoms with van der Waals surface area (Å²) in [5, 5.41) is 13.0. The molecular formula is C12H24N2O2. The van der Waals surface area contributed by atoms with Crippen LogP contribution in [0.1, 0.15) is 39.5 Å². The number of nitrogens with zero attached hydrogens (tertiary/aromatic N) is 1. The van der Waals surface area contributed by atoms with Gasteiger partial charge in [0.1, 0.15) is 6.10 Å². The first kappa shape index (κ1) is 13.5. The van der Waals surface area contributed by atoms with Crippen molar-refractivity contribution in [3.8, 4) is 0 Å². The number of carbonyl (C=O) groups is 1. The first-order valence-electron chi connectivity index (χ1n) is 6.39. The van der Waals surface area contributed by atoms with Crippen LogP contribution in [0.4, 0.5) is 0 Å². The van der Waals surface area contributed by atoms with E-state index in [2.05, 4.69) is 19.2 Å². The van der Waals surface area contributed by atoms with Crippen LogP contribution in [0.2, 0.25) is 0 Å². The molecule has 0 aromatic heterocycles. The molecule has 0 radical (unpaired) electrons. The fourth-order valence-electron chi connectivity index (χ4n) is 2.09. The van der Waals surface area contributed by atoms with Crippen LogP contribution in [0.5, 0.6) is 0 Å². The van der Waals surface area contributed by atoms with E-state index >= 15 is 0 Å². The molecule has 2 N–H and O–H groups in total. The lowest BCUT2D eigenvalue weighted by atomic mass is 10.1. The Morgan fingerprint density at radius 1 is 1.31 bits per heavy atom. The SMILES string of the molecule is CCC(CC)NCC(O)C(=O)N1CCCC1. The van der Waals surface area contributed by atoms with Gasteiger partial charge in [0.25, 0.3) is 5.91 Å². The number of aliphatic hydroxyl groups excluding tert-OH is 1. The van der Waals surface area contributed by atoms with Crippen molar-refractivity contribution >= 4 is 5.91 Å².